The molecule has 4 rings (SSSR count). The van der Waals surface area contributed by atoms with E-state index >= 15 is 0 Å². The monoisotopic (exact) mass is 342 g/mol. The summed E-state index contributed by atoms with van der Waals surface area (Å²) in [6.45, 7) is 7.13. The highest BCUT2D eigenvalue weighted by Gasteiger charge is 2.39. The lowest BCUT2D eigenvalue weighted by Gasteiger charge is -2.35. The van der Waals surface area contributed by atoms with E-state index in [9.17, 15) is 0 Å². The quantitative estimate of drug-likeness (QED) is 0.920. The van der Waals surface area contributed by atoms with E-state index in [4.69, 9.17) is 15.0 Å². The van der Waals surface area contributed by atoms with Gasteiger partial charge in [-0.05, 0) is 50.8 Å². The van der Waals surface area contributed by atoms with Crippen LogP contribution in [-0.4, -0.2) is 40.3 Å². The Morgan fingerprint density at radius 1 is 1.16 bits per heavy atom. The van der Waals surface area contributed by atoms with E-state index in [1.54, 1.807) is 0 Å². The Labute approximate surface area is 148 Å². The molecule has 6 heteroatoms. The highest BCUT2D eigenvalue weighted by atomic mass is 16.5. The zero-order valence-electron chi connectivity index (χ0n) is 14.9. The number of nitrogens with two attached hydrogens (primary N) is 1. The average Bonchev–Trinajstić information content (AvgIpc) is 3.02. The van der Waals surface area contributed by atoms with Crippen LogP contribution in [0.1, 0.15) is 44.5 Å². The second kappa shape index (κ2) is 6.52. The molecule has 134 valence electrons. The molecule has 2 aromatic rings. The Morgan fingerprint density at radius 3 is 2.44 bits per heavy atom. The molecule has 25 heavy (non-hydrogen) atoms. The van der Waals surface area contributed by atoms with Gasteiger partial charge in [0.1, 0.15) is 0 Å². The maximum absolute atomic E-state index is 6.27. The molecule has 2 aliphatic rings. The van der Waals surface area contributed by atoms with Crippen LogP contribution in [0.2, 0.25) is 0 Å². The van der Waals surface area contributed by atoms with Crippen molar-refractivity contribution in [1.82, 2.24) is 15.0 Å². The number of rotatable bonds is 4. The summed E-state index contributed by atoms with van der Waals surface area (Å²) in [6.07, 6.45) is 3.57. The predicted molar refractivity (Wildman–Crippen MR) is 94.7 cm³/mol. The average molecular weight is 342 g/mol. The molecule has 2 heterocycles. The molecule has 2 unspecified atom stereocenters. The van der Waals surface area contributed by atoms with E-state index in [0.717, 1.165) is 44.5 Å². The molecule has 1 saturated carbocycles. The van der Waals surface area contributed by atoms with Gasteiger partial charge in [0.2, 0.25) is 0 Å². The van der Waals surface area contributed by atoms with E-state index in [1.165, 1.54) is 5.56 Å². The Morgan fingerprint density at radius 2 is 1.84 bits per heavy atom. The summed E-state index contributed by atoms with van der Waals surface area (Å²) in [5.74, 6) is 1.18. The number of benzene rings is 1. The SMILES string of the molecule is CC1CN(Cc2ccc(-c3nc(C4(N)CCC4)no3)cc2)CC(C)O1. The summed E-state index contributed by atoms with van der Waals surface area (Å²) in [5, 5.41) is 4.09. The fourth-order valence-electron chi connectivity index (χ4n) is 3.75. The molecule has 0 spiro atoms. The standard InChI is InChI=1S/C19H26N4O2/c1-13-10-23(11-14(2)24-13)12-15-4-6-16(7-5-15)17-21-18(22-25-17)19(20)8-3-9-19/h4-7,13-14H,3,8-12,20H2,1-2H3. The van der Waals surface area contributed by atoms with Gasteiger partial charge in [-0.25, -0.2) is 0 Å². The molecule has 0 bridgehead atoms. The van der Waals surface area contributed by atoms with Crippen LogP contribution in [0.5, 0.6) is 0 Å². The first-order valence-corrected chi connectivity index (χ1v) is 9.12. The molecule has 1 aliphatic carbocycles. The second-order valence-electron chi connectivity index (χ2n) is 7.58. The molecule has 1 aromatic carbocycles. The first-order valence-electron chi connectivity index (χ1n) is 9.12. The van der Waals surface area contributed by atoms with Gasteiger partial charge in [-0.3, -0.25) is 4.90 Å². The van der Waals surface area contributed by atoms with Gasteiger partial charge in [0.15, 0.2) is 5.82 Å². The molecule has 0 amide bonds. The first kappa shape index (κ1) is 16.7. The van der Waals surface area contributed by atoms with Gasteiger partial charge in [-0.15, -0.1) is 0 Å². The fraction of sp³-hybridized carbons (Fsp3) is 0.579. The van der Waals surface area contributed by atoms with E-state index in [2.05, 4.69) is 41.0 Å². The van der Waals surface area contributed by atoms with Crippen molar-refractivity contribution in [3.63, 3.8) is 0 Å². The summed E-state index contributed by atoms with van der Waals surface area (Å²) in [6, 6.07) is 8.35. The normalized spacial score (nSPS) is 26.4. The summed E-state index contributed by atoms with van der Waals surface area (Å²) in [7, 11) is 0. The number of morpholine rings is 1. The molecule has 2 N–H and O–H groups in total. The summed E-state index contributed by atoms with van der Waals surface area (Å²) < 4.78 is 11.2. The molecule has 1 saturated heterocycles. The molecule has 1 aromatic heterocycles. The number of hydrogen-bond donors (Lipinski definition) is 1. The van der Waals surface area contributed by atoms with Gasteiger partial charge < -0.3 is 15.0 Å². The van der Waals surface area contributed by atoms with Crippen molar-refractivity contribution in [1.29, 1.82) is 0 Å². The lowest BCUT2D eigenvalue weighted by Crippen LogP contribution is -2.44. The third-order valence-electron chi connectivity index (χ3n) is 5.22. The van der Waals surface area contributed by atoms with Crippen molar-refractivity contribution in [3.05, 3.63) is 35.7 Å². The van der Waals surface area contributed by atoms with Crippen LogP contribution in [0.15, 0.2) is 28.8 Å². The second-order valence-corrected chi connectivity index (χ2v) is 7.58. The Balaban J connectivity index is 1.43. The molecular weight excluding hydrogens is 316 g/mol. The molecular formula is C19H26N4O2. The van der Waals surface area contributed by atoms with Gasteiger partial charge in [-0.1, -0.05) is 17.3 Å². The highest BCUT2D eigenvalue weighted by molar-refractivity contribution is 5.53. The van der Waals surface area contributed by atoms with Crippen molar-refractivity contribution in [2.24, 2.45) is 5.73 Å². The zero-order valence-corrected chi connectivity index (χ0v) is 14.9. The minimum Gasteiger partial charge on any atom is -0.373 e. The van der Waals surface area contributed by atoms with Crippen molar-refractivity contribution >= 4 is 0 Å². The van der Waals surface area contributed by atoms with Crippen LogP contribution in [0.25, 0.3) is 11.5 Å². The van der Waals surface area contributed by atoms with Crippen molar-refractivity contribution in [2.45, 2.75) is 57.4 Å². The smallest absolute Gasteiger partial charge is 0.257 e. The minimum atomic E-state index is -0.384. The molecule has 2 fully saturated rings. The van der Waals surface area contributed by atoms with Gasteiger partial charge in [0.25, 0.3) is 5.89 Å². The predicted octanol–water partition coefficient (Wildman–Crippen LogP) is 2.68. The highest BCUT2D eigenvalue weighted by Crippen LogP contribution is 2.37. The number of hydrogen-bond acceptors (Lipinski definition) is 6. The van der Waals surface area contributed by atoms with E-state index in [1.807, 2.05) is 12.1 Å². The maximum atomic E-state index is 6.27. The molecule has 1 aliphatic heterocycles. The maximum Gasteiger partial charge on any atom is 0.257 e. The number of ether oxygens (including phenoxy) is 1. The number of nitrogens with zero attached hydrogens (tertiary/aromatic N) is 3. The van der Waals surface area contributed by atoms with Crippen LogP contribution in [-0.2, 0) is 16.8 Å². The van der Waals surface area contributed by atoms with Gasteiger partial charge >= 0.3 is 0 Å². The third kappa shape index (κ3) is 3.47. The van der Waals surface area contributed by atoms with Crippen molar-refractivity contribution in [3.8, 4) is 11.5 Å². The molecule has 2 atom stereocenters. The minimum absolute atomic E-state index is 0.287. The summed E-state index contributed by atoms with van der Waals surface area (Å²) in [4.78, 5) is 6.95. The van der Waals surface area contributed by atoms with Crippen LogP contribution < -0.4 is 5.73 Å². The summed E-state index contributed by atoms with van der Waals surface area (Å²) >= 11 is 0. The zero-order chi connectivity index (χ0) is 17.4. The van der Waals surface area contributed by atoms with Crippen molar-refractivity contribution < 1.29 is 9.26 Å². The summed E-state index contributed by atoms with van der Waals surface area (Å²) in [5.41, 5.74) is 8.10. The molecule has 6 nitrogen and oxygen atoms in total. The Kier molecular flexibility index (Phi) is 4.35. The molecule has 0 radical (unpaired) electrons. The van der Waals surface area contributed by atoms with Crippen LogP contribution in [0.4, 0.5) is 0 Å². The topological polar surface area (TPSA) is 77.4 Å². The van der Waals surface area contributed by atoms with Crippen LogP contribution in [0, 0.1) is 0 Å². The number of aromatic nitrogens is 2. The van der Waals surface area contributed by atoms with Gasteiger partial charge in [-0.2, -0.15) is 4.98 Å². The van der Waals surface area contributed by atoms with Crippen molar-refractivity contribution in [2.75, 3.05) is 13.1 Å². The van der Waals surface area contributed by atoms with E-state index in [0.29, 0.717) is 11.7 Å². The van der Waals surface area contributed by atoms with Crippen LogP contribution in [0.3, 0.4) is 0 Å². The Hall–Kier alpha value is -1.76. The third-order valence-corrected chi connectivity index (χ3v) is 5.22. The van der Waals surface area contributed by atoms with Gasteiger partial charge in [0, 0.05) is 25.2 Å². The largest absolute Gasteiger partial charge is 0.373 e. The van der Waals surface area contributed by atoms with Gasteiger partial charge in [0.05, 0.1) is 17.7 Å². The van der Waals surface area contributed by atoms with E-state index in [-0.39, 0.29) is 17.7 Å². The lowest BCUT2D eigenvalue weighted by atomic mass is 9.77. The van der Waals surface area contributed by atoms with E-state index < -0.39 is 0 Å². The lowest BCUT2D eigenvalue weighted by molar-refractivity contribution is -0.0704. The fourth-order valence-corrected chi connectivity index (χ4v) is 3.75. The Bertz CT molecular complexity index is 713. The first-order chi connectivity index (χ1) is 12.0. The van der Waals surface area contributed by atoms with Crippen LogP contribution >= 0.6 is 0 Å².